The maximum Gasteiger partial charge on any atom is 0.271 e. The van der Waals surface area contributed by atoms with Gasteiger partial charge in [0.25, 0.3) is 5.69 Å². The van der Waals surface area contributed by atoms with E-state index < -0.39 is 11.0 Å². The van der Waals surface area contributed by atoms with E-state index in [1.54, 1.807) is 0 Å². The van der Waals surface area contributed by atoms with E-state index in [1.165, 1.54) is 36.4 Å². The van der Waals surface area contributed by atoms with E-state index in [1.807, 2.05) is 43.3 Å². The topological polar surface area (TPSA) is 84.7 Å². The predicted molar refractivity (Wildman–Crippen MR) is 130 cm³/mol. The van der Waals surface area contributed by atoms with Crippen LogP contribution in [0.4, 0.5) is 11.4 Å². The van der Waals surface area contributed by atoms with Gasteiger partial charge in [-0.3, -0.25) is 19.8 Å². The molecular formula is C26H29N3O4. The van der Waals surface area contributed by atoms with E-state index in [0.717, 1.165) is 12.8 Å². The maximum atomic E-state index is 13.1. The second-order valence-electron chi connectivity index (χ2n) is 7.81. The molecule has 0 heterocycles. The molecule has 3 aromatic carbocycles. The van der Waals surface area contributed by atoms with E-state index in [0.29, 0.717) is 18.8 Å². The summed E-state index contributed by atoms with van der Waals surface area (Å²) in [7, 11) is 1.46. The molecular weight excluding hydrogens is 418 g/mol. The van der Waals surface area contributed by atoms with Gasteiger partial charge in [0.15, 0.2) is 0 Å². The molecule has 0 saturated heterocycles. The molecule has 1 N–H and O–H groups in total. The Kier molecular flexibility index (Phi) is 8.55. The van der Waals surface area contributed by atoms with Crippen molar-refractivity contribution in [3.05, 3.63) is 100 Å². The number of nitrogens with zero attached hydrogens (tertiary/aromatic N) is 2. The molecule has 1 atom stereocenters. The molecule has 0 saturated carbocycles. The first kappa shape index (κ1) is 23.9. The van der Waals surface area contributed by atoms with Crippen LogP contribution in [0.15, 0.2) is 78.9 Å². The van der Waals surface area contributed by atoms with Gasteiger partial charge in [0.05, 0.1) is 23.8 Å². The van der Waals surface area contributed by atoms with Crippen LogP contribution >= 0.6 is 0 Å². The summed E-state index contributed by atoms with van der Waals surface area (Å²) in [5.41, 5.74) is 2.59. The Balaban J connectivity index is 1.74. The molecule has 7 nitrogen and oxygen atoms in total. The summed E-state index contributed by atoms with van der Waals surface area (Å²) in [5, 5.41) is 14.0. The second-order valence-corrected chi connectivity index (χ2v) is 7.81. The quantitative estimate of drug-likeness (QED) is 0.340. The van der Waals surface area contributed by atoms with Crippen LogP contribution < -0.4 is 10.1 Å². The third-order valence-corrected chi connectivity index (χ3v) is 5.64. The zero-order chi connectivity index (χ0) is 23.6. The van der Waals surface area contributed by atoms with Gasteiger partial charge in [-0.1, -0.05) is 60.7 Å². The van der Waals surface area contributed by atoms with Crippen LogP contribution in [0.25, 0.3) is 0 Å². The Bertz CT molecular complexity index is 1010. The fourth-order valence-corrected chi connectivity index (χ4v) is 3.64. The van der Waals surface area contributed by atoms with Crippen LogP contribution in [-0.2, 0) is 17.6 Å². The lowest BCUT2D eigenvalue weighted by atomic mass is 10.1. The number of ether oxygens (including phenoxy) is 1. The molecule has 172 valence electrons. The number of benzene rings is 3. The Morgan fingerprint density at radius 2 is 1.52 bits per heavy atom. The number of nitrogens with one attached hydrogen (secondary N) is 1. The zero-order valence-electron chi connectivity index (χ0n) is 18.9. The minimum atomic E-state index is -0.495. The van der Waals surface area contributed by atoms with E-state index in [2.05, 4.69) is 34.5 Å². The number of hydrogen-bond donors (Lipinski definition) is 1. The molecule has 0 aromatic heterocycles. The smallest absolute Gasteiger partial charge is 0.271 e. The van der Waals surface area contributed by atoms with Gasteiger partial charge in [-0.2, -0.15) is 0 Å². The minimum absolute atomic E-state index is 0.108. The monoisotopic (exact) mass is 447 g/mol. The number of rotatable bonds is 11. The lowest BCUT2D eigenvalue weighted by Gasteiger charge is -2.28. The summed E-state index contributed by atoms with van der Waals surface area (Å²) in [6.45, 7) is 3.27. The van der Waals surface area contributed by atoms with Crippen molar-refractivity contribution in [2.75, 3.05) is 25.5 Å². The maximum absolute atomic E-state index is 13.1. The number of amides is 1. The largest absolute Gasteiger partial charge is 0.495 e. The summed E-state index contributed by atoms with van der Waals surface area (Å²) >= 11 is 0. The lowest BCUT2D eigenvalue weighted by Crippen LogP contribution is -2.44. The van der Waals surface area contributed by atoms with Gasteiger partial charge in [-0.05, 0) is 37.0 Å². The number of carbonyl (C=O) groups is 1. The molecule has 3 rings (SSSR count). The molecule has 0 aliphatic carbocycles. The molecule has 0 fully saturated rings. The third kappa shape index (κ3) is 6.89. The number of carbonyl (C=O) groups excluding carboxylic acids is 1. The van der Waals surface area contributed by atoms with Gasteiger partial charge < -0.3 is 10.1 Å². The Hall–Kier alpha value is -3.71. The highest BCUT2D eigenvalue weighted by atomic mass is 16.6. The SMILES string of the molecule is COc1ccc([N+](=O)[O-])cc1NC(=O)[C@@H](C)N(CCc1ccccc1)CCc1ccccc1. The third-order valence-electron chi connectivity index (χ3n) is 5.64. The lowest BCUT2D eigenvalue weighted by molar-refractivity contribution is -0.384. The zero-order valence-corrected chi connectivity index (χ0v) is 18.9. The van der Waals surface area contributed by atoms with Crippen molar-refractivity contribution >= 4 is 17.3 Å². The average molecular weight is 448 g/mol. The Labute approximate surface area is 194 Å². The average Bonchev–Trinajstić information content (AvgIpc) is 2.84. The first-order chi connectivity index (χ1) is 16.0. The molecule has 1 amide bonds. The molecule has 0 spiro atoms. The van der Waals surface area contributed by atoms with Gasteiger partial charge in [0.1, 0.15) is 5.75 Å². The van der Waals surface area contributed by atoms with Crippen molar-refractivity contribution in [1.29, 1.82) is 0 Å². The van der Waals surface area contributed by atoms with Crippen LogP contribution in [0.5, 0.6) is 5.75 Å². The van der Waals surface area contributed by atoms with Crippen molar-refractivity contribution in [2.24, 2.45) is 0 Å². The minimum Gasteiger partial charge on any atom is -0.495 e. The van der Waals surface area contributed by atoms with E-state index in [9.17, 15) is 14.9 Å². The van der Waals surface area contributed by atoms with Crippen molar-refractivity contribution in [3.8, 4) is 5.75 Å². The predicted octanol–water partition coefficient (Wildman–Crippen LogP) is 4.72. The van der Waals surface area contributed by atoms with Crippen molar-refractivity contribution in [3.63, 3.8) is 0 Å². The fraction of sp³-hybridized carbons (Fsp3) is 0.269. The van der Waals surface area contributed by atoms with E-state index in [-0.39, 0.29) is 17.3 Å². The number of nitro groups is 1. The van der Waals surface area contributed by atoms with Crippen molar-refractivity contribution < 1.29 is 14.5 Å². The van der Waals surface area contributed by atoms with Gasteiger partial charge in [0.2, 0.25) is 5.91 Å². The van der Waals surface area contributed by atoms with E-state index in [4.69, 9.17) is 4.74 Å². The number of nitro benzene ring substituents is 1. The Morgan fingerprint density at radius 3 is 2.00 bits per heavy atom. The summed E-state index contributed by atoms with van der Waals surface area (Å²) in [6.07, 6.45) is 1.63. The summed E-state index contributed by atoms with van der Waals surface area (Å²) in [6, 6.07) is 24.0. The number of hydrogen-bond acceptors (Lipinski definition) is 5. The molecule has 0 unspecified atom stereocenters. The van der Waals surface area contributed by atoms with Gasteiger partial charge in [0, 0.05) is 25.2 Å². The van der Waals surface area contributed by atoms with Gasteiger partial charge in [-0.25, -0.2) is 0 Å². The van der Waals surface area contributed by atoms with Crippen LogP contribution in [0, 0.1) is 10.1 Å². The highest BCUT2D eigenvalue weighted by Crippen LogP contribution is 2.29. The molecule has 33 heavy (non-hydrogen) atoms. The second kappa shape index (κ2) is 11.8. The molecule has 0 aliphatic heterocycles. The first-order valence-electron chi connectivity index (χ1n) is 10.9. The highest BCUT2D eigenvalue weighted by Gasteiger charge is 2.23. The number of anilines is 1. The molecule has 3 aromatic rings. The van der Waals surface area contributed by atoms with Crippen LogP contribution in [0.2, 0.25) is 0 Å². The van der Waals surface area contributed by atoms with Gasteiger partial charge in [-0.15, -0.1) is 0 Å². The molecule has 7 heteroatoms. The normalized spacial score (nSPS) is 11.7. The summed E-state index contributed by atoms with van der Waals surface area (Å²) < 4.78 is 5.28. The number of non-ortho nitro benzene ring substituents is 1. The van der Waals surface area contributed by atoms with E-state index >= 15 is 0 Å². The Morgan fingerprint density at radius 1 is 0.970 bits per heavy atom. The van der Waals surface area contributed by atoms with Crippen LogP contribution in [-0.4, -0.2) is 42.0 Å². The van der Waals surface area contributed by atoms with Crippen LogP contribution in [0.1, 0.15) is 18.1 Å². The summed E-state index contributed by atoms with van der Waals surface area (Å²) in [4.78, 5) is 26.0. The summed E-state index contributed by atoms with van der Waals surface area (Å²) in [5.74, 6) is 0.135. The van der Waals surface area contributed by atoms with Gasteiger partial charge >= 0.3 is 0 Å². The molecule has 0 radical (unpaired) electrons. The van der Waals surface area contributed by atoms with Crippen molar-refractivity contribution in [2.45, 2.75) is 25.8 Å². The standard InChI is InChI=1S/C26H29N3O4/c1-20(26(30)27-24-19-23(29(31)32)13-14-25(24)33-2)28(17-15-21-9-5-3-6-10-21)18-16-22-11-7-4-8-12-22/h3-14,19-20H,15-18H2,1-2H3,(H,27,30)/t20-/m1/s1. The highest BCUT2D eigenvalue weighted by molar-refractivity contribution is 5.96. The molecule has 0 bridgehead atoms. The molecule has 0 aliphatic rings. The fourth-order valence-electron chi connectivity index (χ4n) is 3.64. The van der Waals surface area contributed by atoms with Crippen molar-refractivity contribution in [1.82, 2.24) is 4.90 Å². The first-order valence-corrected chi connectivity index (χ1v) is 10.9. The number of methoxy groups -OCH3 is 1. The van der Waals surface area contributed by atoms with Crippen LogP contribution in [0.3, 0.4) is 0 Å².